The Morgan fingerprint density at radius 2 is 1.59 bits per heavy atom. The van der Waals surface area contributed by atoms with Gasteiger partial charge in [-0.2, -0.15) is 5.26 Å². The van der Waals surface area contributed by atoms with Crippen LogP contribution < -0.4 is 0 Å². The van der Waals surface area contributed by atoms with Gasteiger partial charge in [0.1, 0.15) is 0 Å². The van der Waals surface area contributed by atoms with E-state index in [1.54, 1.807) is 0 Å². The second kappa shape index (κ2) is 3.70. The Morgan fingerprint density at radius 1 is 1.00 bits per heavy atom. The molecule has 0 radical (unpaired) electrons. The number of ether oxygens (including phenoxy) is 2. The summed E-state index contributed by atoms with van der Waals surface area (Å²) in [6.07, 6.45) is 7.36. The molecule has 0 bridgehead atoms. The predicted octanol–water partition coefficient (Wildman–Crippen LogP) is 3.00. The molecule has 2 aliphatic carbocycles. The lowest BCUT2D eigenvalue weighted by Gasteiger charge is -2.41. The van der Waals surface area contributed by atoms with Gasteiger partial charge in [-0.05, 0) is 37.5 Å². The van der Waals surface area contributed by atoms with E-state index in [9.17, 15) is 5.26 Å². The van der Waals surface area contributed by atoms with Crippen molar-refractivity contribution in [2.24, 2.45) is 10.8 Å². The Kier molecular flexibility index (Phi) is 2.50. The van der Waals surface area contributed by atoms with Gasteiger partial charge >= 0.3 is 0 Å². The van der Waals surface area contributed by atoms with E-state index in [1.807, 2.05) is 0 Å². The van der Waals surface area contributed by atoms with Gasteiger partial charge in [0.05, 0.1) is 24.7 Å². The zero-order valence-electron chi connectivity index (χ0n) is 10.6. The van der Waals surface area contributed by atoms with E-state index in [2.05, 4.69) is 13.0 Å². The van der Waals surface area contributed by atoms with Crippen LogP contribution in [-0.4, -0.2) is 19.0 Å². The molecular weight excluding hydrogens is 214 g/mol. The molecule has 0 unspecified atom stereocenters. The standard InChI is InChI=1S/C14H21NO2/c1-12(2-3-12)10-13(11-15)4-6-14(7-5-13)16-8-9-17-14/h2-10H2,1H3. The molecule has 3 fully saturated rings. The Balaban J connectivity index is 1.67. The zero-order valence-corrected chi connectivity index (χ0v) is 10.6. The average molecular weight is 235 g/mol. The van der Waals surface area contributed by atoms with Crippen LogP contribution in [0.1, 0.15) is 51.9 Å². The van der Waals surface area contributed by atoms with Crippen LogP contribution in [0.2, 0.25) is 0 Å². The topological polar surface area (TPSA) is 42.2 Å². The molecule has 0 N–H and O–H groups in total. The monoisotopic (exact) mass is 235 g/mol. The van der Waals surface area contributed by atoms with Gasteiger partial charge in [0.15, 0.2) is 5.79 Å². The maximum atomic E-state index is 9.53. The van der Waals surface area contributed by atoms with Gasteiger partial charge in [-0.25, -0.2) is 0 Å². The van der Waals surface area contributed by atoms with Crippen LogP contribution in [0.15, 0.2) is 0 Å². The lowest BCUT2D eigenvalue weighted by atomic mass is 9.68. The van der Waals surface area contributed by atoms with E-state index in [0.29, 0.717) is 5.41 Å². The second-order valence-electron chi connectivity index (χ2n) is 6.49. The predicted molar refractivity (Wildman–Crippen MR) is 63.1 cm³/mol. The molecular formula is C14H21NO2. The fourth-order valence-electron chi connectivity index (χ4n) is 3.43. The molecule has 1 saturated heterocycles. The summed E-state index contributed by atoms with van der Waals surface area (Å²) in [5.74, 6) is -0.329. The molecule has 0 amide bonds. The van der Waals surface area contributed by atoms with Crippen molar-refractivity contribution in [3.63, 3.8) is 0 Å². The minimum atomic E-state index is -0.329. The van der Waals surface area contributed by atoms with Crippen molar-refractivity contribution in [3.8, 4) is 6.07 Å². The van der Waals surface area contributed by atoms with Gasteiger partial charge in [-0.3, -0.25) is 0 Å². The lowest BCUT2D eigenvalue weighted by molar-refractivity contribution is -0.188. The van der Waals surface area contributed by atoms with E-state index in [-0.39, 0.29) is 11.2 Å². The number of hydrogen-bond acceptors (Lipinski definition) is 3. The maximum Gasteiger partial charge on any atom is 0.168 e. The summed E-state index contributed by atoms with van der Waals surface area (Å²) in [4.78, 5) is 0. The van der Waals surface area contributed by atoms with Gasteiger partial charge in [0.25, 0.3) is 0 Å². The highest BCUT2D eigenvalue weighted by Crippen LogP contribution is 2.57. The van der Waals surface area contributed by atoms with Crippen molar-refractivity contribution in [3.05, 3.63) is 0 Å². The van der Waals surface area contributed by atoms with Crippen molar-refractivity contribution >= 4 is 0 Å². The molecule has 1 aliphatic heterocycles. The van der Waals surface area contributed by atoms with Crippen molar-refractivity contribution in [2.45, 2.75) is 57.7 Å². The van der Waals surface area contributed by atoms with Gasteiger partial charge in [-0.1, -0.05) is 6.92 Å². The summed E-state index contributed by atoms with van der Waals surface area (Å²) in [7, 11) is 0. The van der Waals surface area contributed by atoms with Gasteiger partial charge in [0, 0.05) is 12.8 Å². The first kappa shape index (κ1) is 11.5. The van der Waals surface area contributed by atoms with Crippen LogP contribution in [0.25, 0.3) is 0 Å². The van der Waals surface area contributed by atoms with Crippen molar-refractivity contribution in [2.75, 3.05) is 13.2 Å². The Labute approximate surface area is 103 Å². The molecule has 94 valence electrons. The first-order valence-corrected chi connectivity index (χ1v) is 6.79. The van der Waals surface area contributed by atoms with Crippen molar-refractivity contribution < 1.29 is 9.47 Å². The van der Waals surface area contributed by atoms with E-state index >= 15 is 0 Å². The lowest BCUT2D eigenvalue weighted by Crippen LogP contribution is -2.40. The fourth-order valence-corrected chi connectivity index (χ4v) is 3.43. The van der Waals surface area contributed by atoms with Gasteiger partial charge in [-0.15, -0.1) is 0 Å². The minimum Gasteiger partial charge on any atom is -0.348 e. The smallest absolute Gasteiger partial charge is 0.168 e. The number of nitriles is 1. The molecule has 0 aromatic rings. The second-order valence-corrected chi connectivity index (χ2v) is 6.49. The van der Waals surface area contributed by atoms with E-state index in [1.165, 1.54) is 12.8 Å². The molecule has 1 spiro atoms. The number of rotatable bonds is 2. The van der Waals surface area contributed by atoms with Crippen LogP contribution in [-0.2, 0) is 9.47 Å². The highest BCUT2D eigenvalue weighted by Gasteiger charge is 2.51. The van der Waals surface area contributed by atoms with Gasteiger partial charge in [0.2, 0.25) is 0 Å². The number of nitrogens with zero attached hydrogens (tertiary/aromatic N) is 1. The summed E-state index contributed by atoms with van der Waals surface area (Å²) >= 11 is 0. The quantitative estimate of drug-likeness (QED) is 0.739. The molecule has 0 aromatic carbocycles. The molecule has 3 aliphatic rings. The molecule has 0 aromatic heterocycles. The van der Waals surface area contributed by atoms with Crippen molar-refractivity contribution in [1.29, 1.82) is 5.26 Å². The van der Waals surface area contributed by atoms with Crippen molar-refractivity contribution in [1.82, 2.24) is 0 Å². The normalized spacial score (nSPS) is 32.2. The molecule has 0 atom stereocenters. The summed E-state index contributed by atoms with van der Waals surface area (Å²) in [6, 6.07) is 2.61. The number of hydrogen-bond donors (Lipinski definition) is 0. The third-order valence-electron chi connectivity index (χ3n) is 4.89. The summed E-state index contributed by atoms with van der Waals surface area (Å²) in [5.41, 5.74) is 0.351. The van der Waals surface area contributed by atoms with Crippen LogP contribution in [0.4, 0.5) is 0 Å². The maximum absolute atomic E-state index is 9.53. The van der Waals surface area contributed by atoms with Crippen LogP contribution >= 0.6 is 0 Å². The van der Waals surface area contributed by atoms with Gasteiger partial charge < -0.3 is 9.47 Å². The largest absolute Gasteiger partial charge is 0.348 e. The van der Waals surface area contributed by atoms with Crippen LogP contribution in [0, 0.1) is 22.2 Å². The zero-order chi connectivity index (χ0) is 12.0. The molecule has 1 heterocycles. The average Bonchev–Trinajstić information content (AvgIpc) is 2.89. The summed E-state index contributed by atoms with van der Waals surface area (Å²) in [5, 5.41) is 9.53. The highest BCUT2D eigenvalue weighted by atomic mass is 16.7. The Hall–Kier alpha value is -0.590. The van der Waals surface area contributed by atoms with Crippen LogP contribution in [0.5, 0.6) is 0 Å². The SMILES string of the molecule is CC1(CC2(C#N)CCC3(CC2)OCCO3)CC1. The van der Waals surface area contributed by atoms with Crippen LogP contribution in [0.3, 0.4) is 0 Å². The van der Waals surface area contributed by atoms with E-state index < -0.39 is 0 Å². The summed E-state index contributed by atoms with van der Waals surface area (Å²) < 4.78 is 11.5. The summed E-state index contributed by atoms with van der Waals surface area (Å²) in [6.45, 7) is 3.76. The Bertz CT molecular complexity index is 338. The first-order valence-electron chi connectivity index (χ1n) is 6.79. The molecule has 2 saturated carbocycles. The first-order chi connectivity index (χ1) is 8.10. The Morgan fingerprint density at radius 3 is 2.06 bits per heavy atom. The van der Waals surface area contributed by atoms with E-state index in [4.69, 9.17) is 9.47 Å². The third kappa shape index (κ3) is 2.09. The minimum absolute atomic E-state index is 0.105. The molecule has 3 rings (SSSR count). The highest BCUT2D eigenvalue weighted by molar-refractivity contribution is 5.08. The molecule has 3 heteroatoms. The molecule has 3 nitrogen and oxygen atoms in total. The van der Waals surface area contributed by atoms with E-state index in [0.717, 1.165) is 45.3 Å². The molecule has 17 heavy (non-hydrogen) atoms. The fraction of sp³-hybridized carbons (Fsp3) is 0.929. The third-order valence-corrected chi connectivity index (χ3v) is 4.89.